The Bertz CT molecular complexity index is 1320. The fourth-order valence-electron chi connectivity index (χ4n) is 3.13. The molecule has 170 valence electrons. The lowest BCUT2D eigenvalue weighted by Gasteiger charge is -2.11. The zero-order chi connectivity index (χ0) is 23.6. The second-order valence-electron chi connectivity index (χ2n) is 6.94. The number of amides is 2. The molecule has 0 aliphatic heterocycles. The van der Waals surface area contributed by atoms with Crippen LogP contribution in [0.5, 0.6) is 0 Å². The lowest BCUT2D eigenvalue weighted by molar-refractivity contribution is -0.137. The second-order valence-corrected chi connectivity index (χ2v) is 8.89. The summed E-state index contributed by atoms with van der Waals surface area (Å²) in [6, 6.07) is 11.8. The Labute approximate surface area is 194 Å². The average Bonchev–Trinajstić information content (AvgIpc) is 3.42. The number of likely N-dealkylation sites (N-methyl/N-ethyl adjacent to an activating group) is 1. The van der Waals surface area contributed by atoms with E-state index in [0.29, 0.717) is 10.2 Å². The molecule has 0 aliphatic rings. The van der Waals surface area contributed by atoms with Crippen molar-refractivity contribution in [2.24, 2.45) is 0 Å². The Hall–Kier alpha value is -3.28. The van der Waals surface area contributed by atoms with Crippen LogP contribution in [0.15, 0.2) is 53.9 Å². The highest BCUT2D eigenvalue weighted by atomic mass is 32.1. The Balaban J connectivity index is 1.73. The predicted octanol–water partition coefficient (Wildman–Crippen LogP) is 5.45. The highest BCUT2D eigenvalue weighted by Crippen LogP contribution is 2.38. The van der Waals surface area contributed by atoms with Gasteiger partial charge in [0.05, 0.1) is 28.4 Å². The summed E-state index contributed by atoms with van der Waals surface area (Å²) < 4.78 is 39.1. The maximum atomic E-state index is 13.0. The molecule has 0 saturated carbocycles. The van der Waals surface area contributed by atoms with Gasteiger partial charge in [-0.05, 0) is 48.8 Å². The standard InChI is InChI=1S/C22H17F3N4O2S2/c1-26-11-17(30)29-18-14-7-8-15(16-6-3-9-32-16)28-21(14)33-19(18)20(31)27-13-5-2-4-12(10-13)22(23,24)25/h2-10,26H,11H2,1H3,(H,27,31)(H,29,30). The van der Waals surface area contributed by atoms with E-state index in [2.05, 4.69) is 20.9 Å². The van der Waals surface area contributed by atoms with Gasteiger partial charge in [0.1, 0.15) is 9.71 Å². The summed E-state index contributed by atoms with van der Waals surface area (Å²) in [6.07, 6.45) is -4.53. The second kappa shape index (κ2) is 9.30. The molecule has 1 aromatic carbocycles. The molecule has 0 aliphatic carbocycles. The fraction of sp³-hybridized carbons (Fsp3) is 0.136. The molecule has 2 amide bonds. The number of nitrogens with zero attached hydrogens (tertiary/aromatic N) is 1. The number of halogens is 3. The topological polar surface area (TPSA) is 83.1 Å². The molecule has 4 aromatic rings. The first-order valence-electron chi connectivity index (χ1n) is 9.66. The number of anilines is 2. The molecule has 6 nitrogen and oxygen atoms in total. The van der Waals surface area contributed by atoms with Gasteiger partial charge in [0.15, 0.2) is 0 Å². The number of alkyl halides is 3. The maximum Gasteiger partial charge on any atom is 0.416 e. The third-order valence-corrected chi connectivity index (χ3v) is 6.58. The Morgan fingerprint density at radius 2 is 1.88 bits per heavy atom. The van der Waals surface area contributed by atoms with E-state index in [4.69, 9.17) is 0 Å². The van der Waals surface area contributed by atoms with Crippen molar-refractivity contribution in [3.8, 4) is 10.6 Å². The van der Waals surface area contributed by atoms with Gasteiger partial charge in [-0.25, -0.2) is 4.98 Å². The number of carbonyl (C=O) groups excluding carboxylic acids is 2. The van der Waals surface area contributed by atoms with E-state index in [9.17, 15) is 22.8 Å². The largest absolute Gasteiger partial charge is 0.416 e. The van der Waals surface area contributed by atoms with Gasteiger partial charge in [0.2, 0.25) is 5.91 Å². The minimum atomic E-state index is -4.53. The van der Waals surface area contributed by atoms with Crippen LogP contribution >= 0.6 is 22.7 Å². The van der Waals surface area contributed by atoms with Crippen LogP contribution in [-0.2, 0) is 11.0 Å². The van der Waals surface area contributed by atoms with Gasteiger partial charge < -0.3 is 16.0 Å². The smallest absolute Gasteiger partial charge is 0.323 e. The lowest BCUT2D eigenvalue weighted by Crippen LogP contribution is -2.26. The minimum absolute atomic E-state index is 0.00739. The van der Waals surface area contributed by atoms with Crippen LogP contribution in [-0.4, -0.2) is 30.4 Å². The monoisotopic (exact) mass is 490 g/mol. The maximum absolute atomic E-state index is 13.0. The summed E-state index contributed by atoms with van der Waals surface area (Å²) in [5.74, 6) is -1.01. The van der Waals surface area contributed by atoms with Crippen LogP contribution < -0.4 is 16.0 Å². The first-order chi connectivity index (χ1) is 15.8. The molecule has 0 fully saturated rings. The van der Waals surface area contributed by atoms with E-state index in [0.717, 1.165) is 34.0 Å². The molecule has 3 N–H and O–H groups in total. The van der Waals surface area contributed by atoms with Crippen LogP contribution in [0.1, 0.15) is 15.2 Å². The summed E-state index contributed by atoms with van der Waals surface area (Å²) in [6.45, 7) is 0.0206. The summed E-state index contributed by atoms with van der Waals surface area (Å²) in [7, 11) is 1.61. The number of rotatable bonds is 6. The molecule has 0 bridgehead atoms. The Kier molecular flexibility index (Phi) is 6.45. The SMILES string of the molecule is CNCC(=O)Nc1c(C(=O)Nc2cccc(C(F)(F)F)c2)sc2nc(-c3cccs3)ccc12. The molecular formula is C22H17F3N4O2S2. The average molecular weight is 491 g/mol. The Morgan fingerprint density at radius 1 is 1.06 bits per heavy atom. The van der Waals surface area contributed by atoms with Gasteiger partial charge in [-0.2, -0.15) is 13.2 Å². The number of hydrogen-bond donors (Lipinski definition) is 3. The van der Waals surface area contributed by atoms with E-state index >= 15 is 0 Å². The highest BCUT2D eigenvalue weighted by molar-refractivity contribution is 7.21. The van der Waals surface area contributed by atoms with Crippen LogP contribution in [0.2, 0.25) is 0 Å². The van der Waals surface area contributed by atoms with Crippen molar-refractivity contribution >= 4 is 56.1 Å². The van der Waals surface area contributed by atoms with E-state index in [1.165, 1.54) is 23.5 Å². The van der Waals surface area contributed by atoms with Gasteiger partial charge in [-0.15, -0.1) is 22.7 Å². The highest BCUT2D eigenvalue weighted by Gasteiger charge is 2.30. The normalized spacial score (nSPS) is 11.5. The van der Waals surface area contributed by atoms with E-state index < -0.39 is 17.6 Å². The molecule has 0 unspecified atom stereocenters. The van der Waals surface area contributed by atoms with Crippen LogP contribution in [0.4, 0.5) is 24.5 Å². The number of hydrogen-bond acceptors (Lipinski definition) is 6. The zero-order valence-electron chi connectivity index (χ0n) is 17.1. The predicted molar refractivity (Wildman–Crippen MR) is 125 cm³/mol. The first-order valence-corrected chi connectivity index (χ1v) is 11.4. The molecule has 0 radical (unpaired) electrons. The third kappa shape index (κ3) is 5.05. The molecule has 3 aromatic heterocycles. The van der Waals surface area contributed by atoms with E-state index in [1.54, 1.807) is 19.2 Å². The zero-order valence-corrected chi connectivity index (χ0v) is 18.8. The number of aromatic nitrogens is 1. The minimum Gasteiger partial charge on any atom is -0.323 e. The number of nitrogens with one attached hydrogen (secondary N) is 3. The van der Waals surface area contributed by atoms with Gasteiger partial charge in [0, 0.05) is 11.1 Å². The van der Waals surface area contributed by atoms with Crippen molar-refractivity contribution in [3.05, 3.63) is 64.4 Å². The molecule has 3 heterocycles. The molecule has 0 saturated heterocycles. The molecule has 4 rings (SSSR count). The molecule has 33 heavy (non-hydrogen) atoms. The molecule has 11 heteroatoms. The first kappa shape index (κ1) is 22.9. The van der Waals surface area contributed by atoms with Crippen LogP contribution in [0, 0.1) is 0 Å². The van der Waals surface area contributed by atoms with Gasteiger partial charge >= 0.3 is 6.18 Å². The van der Waals surface area contributed by atoms with Crippen molar-refractivity contribution in [1.82, 2.24) is 10.3 Å². The summed E-state index contributed by atoms with van der Waals surface area (Å²) in [4.78, 5) is 31.5. The summed E-state index contributed by atoms with van der Waals surface area (Å²) in [5, 5.41) is 10.4. The number of benzene rings is 1. The van der Waals surface area contributed by atoms with Crippen molar-refractivity contribution < 1.29 is 22.8 Å². The Morgan fingerprint density at radius 3 is 2.58 bits per heavy atom. The quantitative estimate of drug-likeness (QED) is 0.336. The summed E-state index contributed by atoms with van der Waals surface area (Å²) in [5.41, 5.74) is 0.107. The van der Waals surface area contributed by atoms with E-state index in [1.807, 2.05) is 17.5 Å². The van der Waals surface area contributed by atoms with Crippen molar-refractivity contribution in [3.63, 3.8) is 0 Å². The van der Waals surface area contributed by atoms with E-state index in [-0.39, 0.29) is 28.7 Å². The number of pyridine rings is 1. The number of thiophene rings is 2. The third-order valence-electron chi connectivity index (χ3n) is 4.58. The number of carbonyl (C=O) groups is 2. The lowest BCUT2D eigenvalue weighted by atomic mass is 10.2. The summed E-state index contributed by atoms with van der Waals surface area (Å²) >= 11 is 2.57. The van der Waals surface area contributed by atoms with Crippen molar-refractivity contribution in [1.29, 1.82) is 0 Å². The van der Waals surface area contributed by atoms with Crippen LogP contribution in [0.25, 0.3) is 20.8 Å². The molecular weight excluding hydrogens is 473 g/mol. The van der Waals surface area contributed by atoms with Crippen molar-refractivity contribution in [2.75, 3.05) is 24.2 Å². The van der Waals surface area contributed by atoms with Gasteiger partial charge in [-0.3, -0.25) is 9.59 Å². The van der Waals surface area contributed by atoms with Crippen molar-refractivity contribution in [2.45, 2.75) is 6.18 Å². The fourth-order valence-corrected chi connectivity index (χ4v) is 4.85. The molecule has 0 atom stereocenters. The molecule has 0 spiro atoms. The van der Waals surface area contributed by atoms with Gasteiger partial charge in [-0.1, -0.05) is 12.1 Å². The van der Waals surface area contributed by atoms with Gasteiger partial charge in [0.25, 0.3) is 5.91 Å². The van der Waals surface area contributed by atoms with Crippen LogP contribution in [0.3, 0.4) is 0 Å². The number of fused-ring (bicyclic) bond motifs is 1.